The van der Waals surface area contributed by atoms with Gasteiger partial charge in [-0.2, -0.15) is 5.10 Å². The number of methoxy groups -OCH3 is 2. The molecular weight excluding hydrogens is 408 g/mol. The van der Waals surface area contributed by atoms with Crippen molar-refractivity contribution in [3.63, 3.8) is 0 Å². The van der Waals surface area contributed by atoms with Crippen LogP contribution in [0.25, 0.3) is 17.2 Å². The maximum absolute atomic E-state index is 13.1. The molecule has 1 aliphatic heterocycles. The Hall–Kier alpha value is -3.46. The first-order valence-corrected chi connectivity index (χ1v) is 10.7. The lowest BCUT2D eigenvalue weighted by Gasteiger charge is -2.33. The molecule has 1 aliphatic rings. The third kappa shape index (κ3) is 4.16. The zero-order valence-electron chi connectivity index (χ0n) is 18.9. The zero-order valence-corrected chi connectivity index (χ0v) is 18.9. The Morgan fingerprint density at radius 2 is 1.88 bits per heavy atom. The first kappa shape index (κ1) is 21.8. The first-order valence-electron chi connectivity index (χ1n) is 10.7. The molecule has 0 atom stereocenters. The summed E-state index contributed by atoms with van der Waals surface area (Å²) in [4.78, 5) is 26.4. The van der Waals surface area contributed by atoms with Gasteiger partial charge in [0.25, 0.3) is 11.9 Å². The molecule has 0 unspecified atom stereocenters. The Morgan fingerprint density at radius 3 is 2.56 bits per heavy atom. The van der Waals surface area contributed by atoms with Crippen molar-refractivity contribution < 1.29 is 14.3 Å². The van der Waals surface area contributed by atoms with Crippen LogP contribution in [0.4, 0.5) is 0 Å². The maximum atomic E-state index is 13.1. The number of piperazine rings is 1. The van der Waals surface area contributed by atoms with Gasteiger partial charge >= 0.3 is 0 Å². The number of hydrogen-bond acceptors (Lipinski definition) is 7. The van der Waals surface area contributed by atoms with E-state index < -0.39 is 0 Å². The Morgan fingerprint density at radius 1 is 1.09 bits per heavy atom. The van der Waals surface area contributed by atoms with Gasteiger partial charge in [0.05, 0.1) is 37.4 Å². The van der Waals surface area contributed by atoms with Crippen LogP contribution < -0.4 is 9.47 Å². The van der Waals surface area contributed by atoms with Crippen LogP contribution in [0.1, 0.15) is 23.0 Å². The predicted octanol–water partition coefficient (Wildman–Crippen LogP) is 2.43. The van der Waals surface area contributed by atoms with Crippen molar-refractivity contribution in [1.29, 1.82) is 0 Å². The van der Waals surface area contributed by atoms with Crippen LogP contribution in [0.2, 0.25) is 0 Å². The van der Waals surface area contributed by atoms with Gasteiger partial charge in [0.1, 0.15) is 11.5 Å². The number of benzene rings is 1. The van der Waals surface area contributed by atoms with E-state index in [0.29, 0.717) is 34.4 Å². The topological polar surface area (TPSA) is 85.6 Å². The van der Waals surface area contributed by atoms with Gasteiger partial charge in [-0.25, -0.2) is 14.6 Å². The standard InChI is InChI=1S/C23H28N6O3/c1-5-27-10-12-28(13-11-27)22(30)19-15-25-29(16(19)2)23-24-9-8-20(26-23)18-14-17(31-3)6-7-21(18)32-4/h6-9,14-15H,5,10-13H2,1-4H3. The number of hydrogen-bond donors (Lipinski definition) is 0. The van der Waals surface area contributed by atoms with Gasteiger partial charge in [-0.15, -0.1) is 0 Å². The Labute approximate surface area is 187 Å². The number of nitrogens with zero attached hydrogens (tertiary/aromatic N) is 6. The van der Waals surface area contributed by atoms with Crippen LogP contribution in [0, 0.1) is 6.92 Å². The van der Waals surface area contributed by atoms with Crippen molar-refractivity contribution in [3.8, 4) is 28.7 Å². The van der Waals surface area contributed by atoms with Gasteiger partial charge in [-0.3, -0.25) is 4.79 Å². The molecular formula is C23H28N6O3. The minimum absolute atomic E-state index is 0.00452. The average molecular weight is 437 g/mol. The minimum Gasteiger partial charge on any atom is -0.497 e. The molecule has 0 spiro atoms. The maximum Gasteiger partial charge on any atom is 0.257 e. The highest BCUT2D eigenvalue weighted by atomic mass is 16.5. The van der Waals surface area contributed by atoms with E-state index in [-0.39, 0.29) is 5.91 Å². The Kier molecular flexibility index (Phi) is 6.36. The lowest BCUT2D eigenvalue weighted by Crippen LogP contribution is -2.48. The first-order chi connectivity index (χ1) is 15.5. The molecule has 4 rings (SSSR count). The molecule has 3 heterocycles. The van der Waals surface area contributed by atoms with Crippen LogP contribution >= 0.6 is 0 Å². The number of aromatic nitrogens is 4. The number of carbonyl (C=O) groups is 1. The van der Waals surface area contributed by atoms with E-state index >= 15 is 0 Å². The van der Waals surface area contributed by atoms with E-state index in [9.17, 15) is 4.79 Å². The molecule has 32 heavy (non-hydrogen) atoms. The van der Waals surface area contributed by atoms with Crippen LogP contribution in [-0.4, -0.2) is 82.4 Å². The van der Waals surface area contributed by atoms with Crippen molar-refractivity contribution in [2.75, 3.05) is 46.9 Å². The van der Waals surface area contributed by atoms with Crippen LogP contribution in [0.5, 0.6) is 11.5 Å². The quantitative estimate of drug-likeness (QED) is 0.587. The van der Waals surface area contributed by atoms with Crippen molar-refractivity contribution in [2.24, 2.45) is 0 Å². The fourth-order valence-electron chi connectivity index (χ4n) is 3.87. The van der Waals surface area contributed by atoms with Gasteiger partial charge < -0.3 is 19.3 Å². The molecule has 0 radical (unpaired) electrons. The van der Waals surface area contributed by atoms with E-state index in [2.05, 4.69) is 26.9 Å². The third-order valence-electron chi connectivity index (χ3n) is 5.86. The molecule has 0 bridgehead atoms. The lowest BCUT2D eigenvalue weighted by molar-refractivity contribution is 0.0642. The molecule has 0 saturated carbocycles. The summed E-state index contributed by atoms with van der Waals surface area (Å²) in [6, 6.07) is 7.34. The molecule has 168 valence electrons. The highest BCUT2D eigenvalue weighted by molar-refractivity contribution is 5.95. The third-order valence-corrected chi connectivity index (χ3v) is 5.86. The van der Waals surface area contributed by atoms with Gasteiger partial charge in [0, 0.05) is 37.9 Å². The summed E-state index contributed by atoms with van der Waals surface area (Å²) in [5.41, 5.74) is 2.74. The smallest absolute Gasteiger partial charge is 0.257 e. The summed E-state index contributed by atoms with van der Waals surface area (Å²) in [5, 5.41) is 4.42. The molecule has 1 aromatic carbocycles. The van der Waals surface area contributed by atoms with Crippen LogP contribution in [-0.2, 0) is 0 Å². The molecule has 0 N–H and O–H groups in total. The van der Waals surface area contributed by atoms with E-state index in [1.54, 1.807) is 37.4 Å². The van der Waals surface area contributed by atoms with Gasteiger partial charge in [-0.05, 0) is 37.7 Å². The molecule has 1 saturated heterocycles. The SMILES string of the molecule is CCN1CCN(C(=O)c2cnn(-c3nccc(-c4cc(OC)ccc4OC)n3)c2C)CC1. The van der Waals surface area contributed by atoms with E-state index in [1.165, 1.54) is 0 Å². The fraction of sp³-hybridized carbons (Fsp3) is 0.391. The second-order valence-corrected chi connectivity index (χ2v) is 7.59. The molecule has 3 aromatic rings. The summed E-state index contributed by atoms with van der Waals surface area (Å²) in [6.07, 6.45) is 3.27. The van der Waals surface area contributed by atoms with Crippen molar-refractivity contribution >= 4 is 5.91 Å². The lowest BCUT2D eigenvalue weighted by atomic mass is 10.1. The number of ether oxygens (including phenoxy) is 2. The van der Waals surface area contributed by atoms with Crippen molar-refractivity contribution in [2.45, 2.75) is 13.8 Å². The largest absolute Gasteiger partial charge is 0.497 e. The highest BCUT2D eigenvalue weighted by Gasteiger charge is 2.25. The van der Waals surface area contributed by atoms with Crippen LogP contribution in [0.15, 0.2) is 36.7 Å². The summed E-state index contributed by atoms with van der Waals surface area (Å²) in [6.45, 7) is 8.24. The summed E-state index contributed by atoms with van der Waals surface area (Å²) >= 11 is 0. The minimum atomic E-state index is -0.00452. The second-order valence-electron chi connectivity index (χ2n) is 7.59. The molecule has 9 nitrogen and oxygen atoms in total. The molecule has 9 heteroatoms. The number of carbonyl (C=O) groups excluding carboxylic acids is 1. The normalized spacial score (nSPS) is 14.4. The molecule has 1 amide bonds. The Balaban J connectivity index is 1.63. The van der Waals surface area contributed by atoms with E-state index in [1.807, 2.05) is 30.0 Å². The van der Waals surface area contributed by atoms with Gasteiger partial charge in [0.2, 0.25) is 0 Å². The number of likely N-dealkylation sites (N-methyl/N-ethyl adjacent to an activating group) is 1. The molecule has 2 aromatic heterocycles. The van der Waals surface area contributed by atoms with Crippen molar-refractivity contribution in [3.05, 3.63) is 47.9 Å². The van der Waals surface area contributed by atoms with Gasteiger partial charge in [-0.1, -0.05) is 6.92 Å². The zero-order chi connectivity index (χ0) is 22.7. The number of amides is 1. The fourth-order valence-corrected chi connectivity index (χ4v) is 3.87. The van der Waals surface area contributed by atoms with Crippen molar-refractivity contribution in [1.82, 2.24) is 29.5 Å². The average Bonchev–Trinajstić information content (AvgIpc) is 3.24. The summed E-state index contributed by atoms with van der Waals surface area (Å²) in [7, 11) is 3.23. The monoisotopic (exact) mass is 436 g/mol. The highest BCUT2D eigenvalue weighted by Crippen LogP contribution is 2.32. The van der Waals surface area contributed by atoms with Crippen LogP contribution in [0.3, 0.4) is 0 Å². The molecule has 1 fully saturated rings. The number of rotatable bonds is 6. The summed E-state index contributed by atoms with van der Waals surface area (Å²) < 4.78 is 12.4. The van der Waals surface area contributed by atoms with Gasteiger partial charge in [0.15, 0.2) is 0 Å². The molecule has 0 aliphatic carbocycles. The summed E-state index contributed by atoms with van der Waals surface area (Å²) in [5.74, 6) is 1.76. The van der Waals surface area contributed by atoms with E-state index in [0.717, 1.165) is 38.3 Å². The second kappa shape index (κ2) is 9.35. The van der Waals surface area contributed by atoms with E-state index in [4.69, 9.17) is 9.47 Å². The predicted molar refractivity (Wildman–Crippen MR) is 120 cm³/mol. The Bertz CT molecular complexity index is 1100.